The lowest BCUT2D eigenvalue weighted by Crippen LogP contribution is -1.96. The number of aryl methyl sites for hydroxylation is 1. The monoisotopic (exact) mass is 280 g/mol. The average molecular weight is 280 g/mol. The molecule has 0 saturated carbocycles. The number of aromatic amines is 1. The minimum Gasteiger partial charge on any atom is -0.479 e. The predicted molar refractivity (Wildman–Crippen MR) is 77.2 cm³/mol. The molecule has 0 atom stereocenters. The second-order valence-corrected chi connectivity index (χ2v) is 4.71. The van der Waals surface area contributed by atoms with Crippen LogP contribution in [0.2, 0.25) is 0 Å². The zero-order chi connectivity index (χ0) is 14.4. The molecule has 0 aliphatic heterocycles. The van der Waals surface area contributed by atoms with Gasteiger partial charge in [0.25, 0.3) is 0 Å². The Morgan fingerprint density at radius 3 is 3.05 bits per heavy atom. The zero-order valence-corrected chi connectivity index (χ0v) is 11.5. The molecule has 0 radical (unpaired) electrons. The summed E-state index contributed by atoms with van der Waals surface area (Å²) in [7, 11) is 1.60. The lowest BCUT2D eigenvalue weighted by molar-refractivity contribution is 0.399. The van der Waals surface area contributed by atoms with E-state index in [1.165, 1.54) is 6.33 Å². The smallest absolute Gasteiger partial charge is 0.241 e. The normalized spacial score (nSPS) is 11.3. The number of H-pyrrole nitrogens is 1. The van der Waals surface area contributed by atoms with Gasteiger partial charge < -0.3 is 9.72 Å². The standard InChI is InChI=1S/C14H12N6O/c1-8-18-11-5-9(6-15-13(11)19-8)10-3-4-20-12(10)14(21-2)16-7-17-20/h3-7H,1-2H3,(H,15,18,19). The van der Waals surface area contributed by atoms with Gasteiger partial charge >= 0.3 is 0 Å². The van der Waals surface area contributed by atoms with Gasteiger partial charge in [-0.1, -0.05) is 0 Å². The third-order valence-corrected chi connectivity index (χ3v) is 3.38. The summed E-state index contributed by atoms with van der Waals surface area (Å²) in [6.45, 7) is 1.91. The number of pyridine rings is 1. The first-order valence-corrected chi connectivity index (χ1v) is 6.45. The highest BCUT2D eigenvalue weighted by atomic mass is 16.5. The highest BCUT2D eigenvalue weighted by molar-refractivity contribution is 5.87. The molecular formula is C14H12N6O. The van der Waals surface area contributed by atoms with Crippen molar-refractivity contribution in [2.45, 2.75) is 6.92 Å². The van der Waals surface area contributed by atoms with Gasteiger partial charge in [-0.25, -0.2) is 14.5 Å². The Kier molecular flexibility index (Phi) is 2.41. The number of hydrogen-bond donors (Lipinski definition) is 1. The average Bonchev–Trinajstić information content (AvgIpc) is 3.08. The first-order chi connectivity index (χ1) is 10.3. The third kappa shape index (κ3) is 1.74. The number of aromatic nitrogens is 6. The van der Waals surface area contributed by atoms with Gasteiger partial charge in [0, 0.05) is 23.5 Å². The lowest BCUT2D eigenvalue weighted by atomic mass is 10.1. The van der Waals surface area contributed by atoms with Gasteiger partial charge in [-0.05, 0) is 19.1 Å². The van der Waals surface area contributed by atoms with Crippen LogP contribution in [0.3, 0.4) is 0 Å². The number of methoxy groups -OCH3 is 1. The van der Waals surface area contributed by atoms with Gasteiger partial charge in [-0.2, -0.15) is 10.1 Å². The molecule has 4 rings (SSSR count). The minimum atomic E-state index is 0.533. The van der Waals surface area contributed by atoms with Gasteiger partial charge in [0.2, 0.25) is 5.88 Å². The van der Waals surface area contributed by atoms with Crippen LogP contribution in [0.25, 0.3) is 27.8 Å². The molecule has 0 unspecified atom stereocenters. The van der Waals surface area contributed by atoms with Gasteiger partial charge in [-0.3, -0.25) is 0 Å². The molecule has 0 aliphatic rings. The van der Waals surface area contributed by atoms with Crippen LogP contribution in [0.4, 0.5) is 0 Å². The first-order valence-electron chi connectivity index (χ1n) is 6.45. The van der Waals surface area contributed by atoms with E-state index < -0.39 is 0 Å². The molecule has 4 aromatic heterocycles. The quantitative estimate of drug-likeness (QED) is 0.607. The molecule has 0 fully saturated rings. The maximum atomic E-state index is 5.33. The van der Waals surface area contributed by atoms with E-state index in [0.717, 1.165) is 28.0 Å². The summed E-state index contributed by atoms with van der Waals surface area (Å²) in [6, 6.07) is 3.99. The topological polar surface area (TPSA) is 81.0 Å². The summed E-state index contributed by atoms with van der Waals surface area (Å²) in [6.07, 6.45) is 5.14. The molecule has 0 aromatic carbocycles. The summed E-state index contributed by atoms with van der Waals surface area (Å²) < 4.78 is 7.07. The molecule has 1 N–H and O–H groups in total. The van der Waals surface area contributed by atoms with Crippen LogP contribution in [-0.2, 0) is 0 Å². The number of ether oxygens (including phenoxy) is 1. The summed E-state index contributed by atoms with van der Waals surface area (Å²) in [5.74, 6) is 1.38. The van der Waals surface area contributed by atoms with Crippen molar-refractivity contribution in [2.75, 3.05) is 7.11 Å². The first kappa shape index (κ1) is 11.8. The maximum absolute atomic E-state index is 5.33. The summed E-state index contributed by atoms with van der Waals surface area (Å²) in [4.78, 5) is 16.0. The second-order valence-electron chi connectivity index (χ2n) is 4.71. The summed E-state index contributed by atoms with van der Waals surface area (Å²) in [5, 5.41) is 4.19. The molecule has 4 heterocycles. The number of fused-ring (bicyclic) bond motifs is 2. The molecule has 4 aromatic rings. The number of nitrogens with zero attached hydrogens (tertiary/aromatic N) is 5. The van der Waals surface area contributed by atoms with Crippen LogP contribution >= 0.6 is 0 Å². The zero-order valence-electron chi connectivity index (χ0n) is 11.5. The third-order valence-electron chi connectivity index (χ3n) is 3.38. The van der Waals surface area contributed by atoms with Crippen molar-refractivity contribution in [2.24, 2.45) is 0 Å². The molecular weight excluding hydrogens is 268 g/mol. The van der Waals surface area contributed by atoms with E-state index in [9.17, 15) is 0 Å². The van der Waals surface area contributed by atoms with Crippen molar-refractivity contribution < 1.29 is 4.74 Å². The molecule has 0 amide bonds. The summed E-state index contributed by atoms with van der Waals surface area (Å²) in [5.41, 5.74) is 4.36. The molecule has 0 saturated heterocycles. The fraction of sp³-hybridized carbons (Fsp3) is 0.143. The minimum absolute atomic E-state index is 0.533. The highest BCUT2D eigenvalue weighted by Gasteiger charge is 2.13. The van der Waals surface area contributed by atoms with Crippen molar-refractivity contribution in [1.82, 2.24) is 29.5 Å². The van der Waals surface area contributed by atoms with Crippen molar-refractivity contribution >= 4 is 16.7 Å². The number of rotatable bonds is 2. The predicted octanol–water partition coefficient (Wildman–Crippen LogP) is 1.98. The second kappa shape index (κ2) is 4.27. The van der Waals surface area contributed by atoms with Crippen LogP contribution in [0.15, 0.2) is 30.9 Å². The Morgan fingerprint density at radius 1 is 1.29 bits per heavy atom. The molecule has 21 heavy (non-hydrogen) atoms. The van der Waals surface area contributed by atoms with Crippen LogP contribution in [0.1, 0.15) is 5.82 Å². The summed E-state index contributed by atoms with van der Waals surface area (Å²) >= 11 is 0. The van der Waals surface area contributed by atoms with E-state index in [1.54, 1.807) is 17.8 Å². The Hall–Kier alpha value is -2.96. The molecule has 7 nitrogen and oxygen atoms in total. The molecule has 0 bridgehead atoms. The van der Waals surface area contributed by atoms with Crippen LogP contribution in [0, 0.1) is 6.92 Å². The Balaban J connectivity index is 1.99. The molecule has 7 heteroatoms. The van der Waals surface area contributed by atoms with Gasteiger partial charge in [0.1, 0.15) is 17.7 Å². The van der Waals surface area contributed by atoms with Crippen LogP contribution in [-0.4, -0.2) is 36.7 Å². The van der Waals surface area contributed by atoms with E-state index >= 15 is 0 Å². The van der Waals surface area contributed by atoms with E-state index in [4.69, 9.17) is 4.74 Å². The Bertz CT molecular complexity index is 955. The van der Waals surface area contributed by atoms with E-state index in [2.05, 4.69) is 25.0 Å². The number of nitrogens with one attached hydrogen (secondary N) is 1. The molecule has 0 spiro atoms. The van der Waals surface area contributed by atoms with E-state index in [-0.39, 0.29) is 0 Å². The van der Waals surface area contributed by atoms with E-state index in [1.807, 2.05) is 25.3 Å². The van der Waals surface area contributed by atoms with E-state index in [0.29, 0.717) is 11.5 Å². The Morgan fingerprint density at radius 2 is 2.19 bits per heavy atom. The fourth-order valence-electron chi connectivity index (χ4n) is 2.48. The molecule has 104 valence electrons. The van der Waals surface area contributed by atoms with Crippen molar-refractivity contribution in [3.63, 3.8) is 0 Å². The van der Waals surface area contributed by atoms with Gasteiger partial charge in [0.15, 0.2) is 5.65 Å². The van der Waals surface area contributed by atoms with Crippen LogP contribution < -0.4 is 4.74 Å². The maximum Gasteiger partial charge on any atom is 0.241 e. The van der Waals surface area contributed by atoms with Gasteiger partial charge in [0.05, 0.1) is 12.6 Å². The van der Waals surface area contributed by atoms with Crippen molar-refractivity contribution in [3.8, 4) is 17.0 Å². The van der Waals surface area contributed by atoms with Crippen LogP contribution in [0.5, 0.6) is 5.88 Å². The highest BCUT2D eigenvalue weighted by Crippen LogP contribution is 2.30. The van der Waals surface area contributed by atoms with Gasteiger partial charge in [-0.15, -0.1) is 0 Å². The van der Waals surface area contributed by atoms with Crippen molar-refractivity contribution in [1.29, 1.82) is 0 Å². The fourth-order valence-corrected chi connectivity index (χ4v) is 2.48. The number of hydrogen-bond acceptors (Lipinski definition) is 5. The molecule has 0 aliphatic carbocycles. The SMILES string of the molecule is COc1ncnn2ccc(-c3cnc4nc(C)[nH]c4c3)c12. The lowest BCUT2D eigenvalue weighted by Gasteiger charge is -2.04. The number of imidazole rings is 1. The largest absolute Gasteiger partial charge is 0.479 e. The Labute approximate surface area is 119 Å². The van der Waals surface area contributed by atoms with Crippen molar-refractivity contribution in [3.05, 3.63) is 36.7 Å².